The Kier molecular flexibility index (Phi) is 7.79. The highest BCUT2D eigenvalue weighted by molar-refractivity contribution is 9.10. The zero-order valence-corrected chi connectivity index (χ0v) is 23.4. The maximum absolute atomic E-state index is 13.6. The van der Waals surface area contributed by atoms with E-state index >= 15 is 0 Å². The standard InChI is InChI=1S/C24H32BrN5O5S/c1-5-10-30-22-19(25)20(26-21(22)23(31)28(4)24(30)32)17-15-16(8-9-18(17)35-6-2)36(33,34)29-12-7-11-27(3)13-14-29/h8-9,15,26H,5-7,10-14H2,1-4H3. The van der Waals surface area contributed by atoms with Crippen molar-refractivity contribution in [3.8, 4) is 17.0 Å². The number of nitrogens with one attached hydrogen (secondary N) is 1. The second-order valence-electron chi connectivity index (χ2n) is 8.99. The molecule has 0 aliphatic carbocycles. The van der Waals surface area contributed by atoms with Crippen LogP contribution in [-0.4, -0.2) is 71.6 Å². The highest BCUT2D eigenvalue weighted by Gasteiger charge is 2.28. The smallest absolute Gasteiger partial charge is 0.331 e. The second kappa shape index (κ2) is 10.5. The molecule has 1 aromatic carbocycles. The maximum Gasteiger partial charge on any atom is 0.331 e. The summed E-state index contributed by atoms with van der Waals surface area (Å²) >= 11 is 3.60. The van der Waals surface area contributed by atoms with Crippen molar-refractivity contribution in [2.45, 2.75) is 38.1 Å². The average molecular weight is 583 g/mol. The van der Waals surface area contributed by atoms with Crippen molar-refractivity contribution in [3.05, 3.63) is 43.5 Å². The van der Waals surface area contributed by atoms with Gasteiger partial charge in [-0.3, -0.25) is 13.9 Å². The fourth-order valence-corrected chi connectivity index (χ4v) is 6.80. The van der Waals surface area contributed by atoms with Gasteiger partial charge in [0.1, 0.15) is 11.3 Å². The fourth-order valence-electron chi connectivity index (χ4n) is 4.58. The van der Waals surface area contributed by atoms with Gasteiger partial charge in [-0.05, 0) is 67.5 Å². The molecule has 10 nitrogen and oxygen atoms in total. The number of nitrogens with zero attached hydrogens (tertiary/aromatic N) is 4. The summed E-state index contributed by atoms with van der Waals surface area (Å²) in [5, 5.41) is 0. The van der Waals surface area contributed by atoms with Crippen molar-refractivity contribution in [2.24, 2.45) is 7.05 Å². The Bertz CT molecular complexity index is 1510. The molecule has 12 heteroatoms. The van der Waals surface area contributed by atoms with Gasteiger partial charge >= 0.3 is 5.69 Å². The lowest BCUT2D eigenvalue weighted by atomic mass is 10.1. The van der Waals surface area contributed by atoms with E-state index < -0.39 is 21.3 Å². The predicted octanol–water partition coefficient (Wildman–Crippen LogP) is 2.59. The molecular weight excluding hydrogens is 550 g/mol. The van der Waals surface area contributed by atoms with Gasteiger partial charge in [0.2, 0.25) is 10.0 Å². The number of benzene rings is 1. The lowest BCUT2D eigenvalue weighted by Crippen LogP contribution is -2.38. The van der Waals surface area contributed by atoms with Crippen LogP contribution in [0.4, 0.5) is 0 Å². The molecule has 0 saturated carbocycles. The van der Waals surface area contributed by atoms with Crippen LogP contribution in [0.5, 0.6) is 5.75 Å². The van der Waals surface area contributed by atoms with Gasteiger partial charge in [-0.25, -0.2) is 13.2 Å². The van der Waals surface area contributed by atoms with Gasteiger partial charge in [-0.2, -0.15) is 4.31 Å². The third-order valence-corrected chi connectivity index (χ3v) is 9.17. The molecule has 1 saturated heterocycles. The predicted molar refractivity (Wildman–Crippen MR) is 143 cm³/mol. The Morgan fingerprint density at radius 3 is 2.53 bits per heavy atom. The molecular formula is C24H32BrN5O5S. The molecule has 3 heterocycles. The summed E-state index contributed by atoms with van der Waals surface area (Å²) in [5.41, 5.74) is 0.821. The van der Waals surface area contributed by atoms with Crippen molar-refractivity contribution in [3.63, 3.8) is 0 Å². The van der Waals surface area contributed by atoms with E-state index in [0.717, 1.165) is 17.5 Å². The third kappa shape index (κ3) is 4.67. The second-order valence-corrected chi connectivity index (χ2v) is 11.7. The van der Waals surface area contributed by atoms with Crippen molar-refractivity contribution in [1.29, 1.82) is 0 Å². The molecule has 4 rings (SSSR count). The van der Waals surface area contributed by atoms with E-state index in [0.29, 0.717) is 66.2 Å². The molecule has 1 N–H and O–H groups in total. The Morgan fingerprint density at radius 2 is 1.83 bits per heavy atom. The number of ether oxygens (including phenoxy) is 1. The summed E-state index contributed by atoms with van der Waals surface area (Å²) < 4.78 is 37.7. The van der Waals surface area contributed by atoms with Crippen LogP contribution in [0, 0.1) is 0 Å². The van der Waals surface area contributed by atoms with E-state index in [1.807, 2.05) is 20.9 Å². The van der Waals surface area contributed by atoms with Gasteiger partial charge in [0.15, 0.2) is 0 Å². The van der Waals surface area contributed by atoms with Gasteiger partial charge in [0.25, 0.3) is 5.56 Å². The number of sulfonamides is 1. The molecule has 0 atom stereocenters. The molecule has 196 valence electrons. The normalized spacial score (nSPS) is 15.9. The number of aryl methyl sites for hydroxylation is 1. The molecule has 1 aliphatic heterocycles. The van der Waals surface area contributed by atoms with Crippen LogP contribution in [0.1, 0.15) is 26.7 Å². The van der Waals surface area contributed by atoms with E-state index in [1.165, 1.54) is 11.4 Å². The number of hydrogen-bond donors (Lipinski definition) is 1. The van der Waals surface area contributed by atoms with Crippen LogP contribution in [0.2, 0.25) is 0 Å². The number of halogens is 1. The van der Waals surface area contributed by atoms with Crippen molar-refractivity contribution < 1.29 is 13.2 Å². The lowest BCUT2D eigenvalue weighted by molar-refractivity contribution is 0.341. The zero-order chi connectivity index (χ0) is 26.2. The van der Waals surface area contributed by atoms with Gasteiger partial charge in [0.05, 0.1) is 27.2 Å². The Morgan fingerprint density at radius 1 is 1.08 bits per heavy atom. The van der Waals surface area contributed by atoms with Crippen LogP contribution < -0.4 is 16.0 Å². The summed E-state index contributed by atoms with van der Waals surface area (Å²) in [6.45, 7) is 6.96. The van der Waals surface area contributed by atoms with E-state index in [9.17, 15) is 18.0 Å². The quantitative estimate of drug-likeness (QED) is 0.459. The van der Waals surface area contributed by atoms with Crippen LogP contribution in [0.3, 0.4) is 0 Å². The van der Waals surface area contributed by atoms with Crippen LogP contribution in [0.15, 0.2) is 37.2 Å². The molecule has 0 unspecified atom stereocenters. The Labute approximate surface area is 218 Å². The minimum absolute atomic E-state index is 0.148. The summed E-state index contributed by atoms with van der Waals surface area (Å²) in [5.74, 6) is 0.473. The number of rotatable bonds is 7. The summed E-state index contributed by atoms with van der Waals surface area (Å²) in [7, 11) is -0.318. The first kappa shape index (κ1) is 26.6. The van der Waals surface area contributed by atoms with Crippen LogP contribution >= 0.6 is 15.9 Å². The lowest BCUT2D eigenvalue weighted by Gasteiger charge is -2.21. The summed E-state index contributed by atoms with van der Waals surface area (Å²) in [6.07, 6.45) is 1.45. The van der Waals surface area contributed by atoms with E-state index in [1.54, 1.807) is 22.8 Å². The average Bonchev–Trinajstić information content (AvgIpc) is 3.03. The maximum atomic E-state index is 13.6. The zero-order valence-electron chi connectivity index (χ0n) is 21.0. The monoisotopic (exact) mass is 581 g/mol. The van der Waals surface area contributed by atoms with Crippen molar-refractivity contribution >= 4 is 37.0 Å². The summed E-state index contributed by atoms with van der Waals surface area (Å²) in [4.78, 5) is 31.2. The SMILES string of the molecule is CCCn1c(=O)n(C)c(=O)c2[nH]c(-c3cc(S(=O)(=O)N4CCCN(C)CC4)ccc3OCC)c(Br)c21. The Hall–Kier alpha value is -2.41. The Balaban J connectivity index is 1.93. The number of hydrogen-bond acceptors (Lipinski definition) is 6. The van der Waals surface area contributed by atoms with E-state index in [2.05, 4.69) is 25.8 Å². The number of likely N-dealkylation sites (N-methyl/N-ethyl adjacent to an activating group) is 1. The van der Waals surface area contributed by atoms with Gasteiger partial charge in [-0.1, -0.05) is 6.92 Å². The molecule has 1 aliphatic rings. The number of fused-ring (bicyclic) bond motifs is 1. The minimum Gasteiger partial charge on any atom is -0.493 e. The molecule has 0 amide bonds. The van der Waals surface area contributed by atoms with Crippen LogP contribution in [-0.2, 0) is 23.6 Å². The highest BCUT2D eigenvalue weighted by Crippen LogP contribution is 2.39. The van der Waals surface area contributed by atoms with Crippen LogP contribution in [0.25, 0.3) is 22.3 Å². The first-order chi connectivity index (χ1) is 17.1. The third-order valence-electron chi connectivity index (χ3n) is 6.50. The fraction of sp³-hybridized carbons (Fsp3) is 0.500. The molecule has 0 bridgehead atoms. The number of aromatic nitrogens is 3. The molecule has 3 aromatic rings. The minimum atomic E-state index is -3.75. The summed E-state index contributed by atoms with van der Waals surface area (Å²) in [6, 6.07) is 4.78. The molecule has 1 fully saturated rings. The molecule has 36 heavy (non-hydrogen) atoms. The van der Waals surface area contributed by atoms with Crippen molar-refractivity contribution in [1.82, 2.24) is 23.3 Å². The van der Waals surface area contributed by atoms with E-state index in [-0.39, 0.29) is 10.4 Å². The first-order valence-electron chi connectivity index (χ1n) is 12.1. The highest BCUT2D eigenvalue weighted by atomic mass is 79.9. The van der Waals surface area contributed by atoms with Crippen molar-refractivity contribution in [2.75, 3.05) is 39.8 Å². The largest absolute Gasteiger partial charge is 0.493 e. The van der Waals surface area contributed by atoms with E-state index in [4.69, 9.17) is 4.74 Å². The molecule has 0 spiro atoms. The topological polar surface area (TPSA) is 110 Å². The van der Waals surface area contributed by atoms with Gasteiger partial charge < -0.3 is 14.6 Å². The number of aromatic amines is 1. The van der Waals surface area contributed by atoms with Gasteiger partial charge in [0, 0.05) is 38.8 Å². The number of H-pyrrole nitrogens is 1. The molecule has 0 radical (unpaired) electrons. The first-order valence-corrected chi connectivity index (χ1v) is 14.3. The van der Waals surface area contributed by atoms with Gasteiger partial charge in [-0.15, -0.1) is 0 Å². The molecule has 2 aromatic heterocycles.